The van der Waals surface area contributed by atoms with Gasteiger partial charge < -0.3 is 39.2 Å². The molecule has 0 saturated carbocycles. The molecule has 2 aromatic heterocycles. The third kappa shape index (κ3) is 9.24. The number of ether oxygens (including phenoxy) is 5. The number of carbonyl (C=O) groups is 2. The second-order valence-electron chi connectivity index (χ2n) is 12.3. The fraction of sp³-hybridized carbons (Fsp3) is 0.469. The topological polar surface area (TPSA) is 207 Å². The lowest BCUT2D eigenvalue weighted by Crippen LogP contribution is -2.47. The third-order valence-corrected chi connectivity index (χ3v) is 9.05. The van der Waals surface area contributed by atoms with E-state index >= 15 is 4.39 Å². The summed E-state index contributed by atoms with van der Waals surface area (Å²) in [6.07, 6.45) is 0.320. The van der Waals surface area contributed by atoms with Crippen LogP contribution in [0.2, 0.25) is 0 Å². The van der Waals surface area contributed by atoms with Crippen molar-refractivity contribution in [1.29, 1.82) is 0 Å². The second-order valence-corrected chi connectivity index (χ2v) is 13.8. The van der Waals surface area contributed by atoms with Crippen LogP contribution in [-0.2, 0) is 19.6 Å². The Balaban J connectivity index is 1.35. The number of fused-ring (bicyclic) bond motifs is 1. The van der Waals surface area contributed by atoms with Crippen molar-refractivity contribution in [2.45, 2.75) is 25.9 Å². The first-order chi connectivity index (χ1) is 24.7. The number of methoxy groups -OCH3 is 3. The monoisotopic (exact) mass is 748 g/mol. The fourth-order valence-corrected chi connectivity index (χ4v) is 5.97. The van der Waals surface area contributed by atoms with Crippen molar-refractivity contribution in [3.05, 3.63) is 36.3 Å². The first-order valence-corrected chi connectivity index (χ1v) is 17.8. The quantitative estimate of drug-likeness (QED) is 0.203. The number of nitrogens with one attached hydrogen (secondary N) is 2. The SMILES string of the molecule is COc1cc(N(C(=O)OCCN2CCN(CCCS(=O)(=O)O)CC2)c2ncc(F)c(Nc3ccc4c(n3)NC(=O)C(C)(C)O4)n2)cc(OC)c1OC. The molecular formula is C32H41FN8O10S. The minimum absolute atomic E-state index is 0.0154. The van der Waals surface area contributed by atoms with E-state index in [1.54, 1.807) is 19.9 Å². The summed E-state index contributed by atoms with van der Waals surface area (Å²) in [4.78, 5) is 44.2. The number of aromatic nitrogens is 3. The van der Waals surface area contributed by atoms with Gasteiger partial charge in [0.25, 0.3) is 16.0 Å². The summed E-state index contributed by atoms with van der Waals surface area (Å²) in [6.45, 7) is 6.79. The van der Waals surface area contributed by atoms with Crippen LogP contribution in [0, 0.1) is 5.82 Å². The van der Waals surface area contributed by atoms with Crippen molar-refractivity contribution in [3.63, 3.8) is 0 Å². The van der Waals surface area contributed by atoms with Crippen LogP contribution in [-0.4, -0.2) is 128 Å². The molecule has 282 valence electrons. The van der Waals surface area contributed by atoms with E-state index in [9.17, 15) is 18.0 Å². The molecule has 52 heavy (non-hydrogen) atoms. The molecule has 0 radical (unpaired) electrons. The van der Waals surface area contributed by atoms with Crippen LogP contribution in [0.4, 0.5) is 38.3 Å². The Morgan fingerprint density at radius 3 is 2.33 bits per heavy atom. The van der Waals surface area contributed by atoms with E-state index in [1.807, 2.05) is 0 Å². The summed E-state index contributed by atoms with van der Waals surface area (Å²) < 4.78 is 74.0. The van der Waals surface area contributed by atoms with Crippen LogP contribution in [0.15, 0.2) is 30.5 Å². The molecule has 2 aliphatic heterocycles. The Kier molecular flexibility index (Phi) is 11.8. The van der Waals surface area contributed by atoms with Gasteiger partial charge >= 0.3 is 6.09 Å². The molecule has 3 N–H and O–H groups in total. The van der Waals surface area contributed by atoms with E-state index < -0.39 is 33.5 Å². The summed E-state index contributed by atoms with van der Waals surface area (Å²) in [5, 5.41) is 5.44. The van der Waals surface area contributed by atoms with Crippen LogP contribution in [0.5, 0.6) is 23.0 Å². The zero-order valence-corrected chi connectivity index (χ0v) is 30.2. The molecule has 2 aliphatic rings. The van der Waals surface area contributed by atoms with E-state index in [1.165, 1.54) is 39.5 Å². The highest BCUT2D eigenvalue weighted by Gasteiger charge is 2.36. The van der Waals surface area contributed by atoms with Gasteiger partial charge in [-0.25, -0.2) is 24.1 Å². The highest BCUT2D eigenvalue weighted by molar-refractivity contribution is 7.85. The Morgan fingerprint density at radius 1 is 1.06 bits per heavy atom. The van der Waals surface area contributed by atoms with Gasteiger partial charge in [0, 0.05) is 44.9 Å². The maximum Gasteiger partial charge on any atom is 0.421 e. The molecule has 3 aromatic rings. The number of benzene rings is 1. The molecule has 18 nitrogen and oxygen atoms in total. The van der Waals surface area contributed by atoms with Gasteiger partial charge in [-0.15, -0.1) is 0 Å². The Bertz CT molecular complexity index is 1870. The Hall–Kier alpha value is -5.05. The third-order valence-electron chi connectivity index (χ3n) is 8.24. The predicted octanol–water partition coefficient (Wildman–Crippen LogP) is 3.06. The summed E-state index contributed by atoms with van der Waals surface area (Å²) in [5.41, 5.74) is -0.947. The van der Waals surface area contributed by atoms with Crippen molar-refractivity contribution >= 4 is 51.2 Å². The standard InChI is InChI=1S/C32H41FN8O10S/c1-32(2)29(42)37-28-22(51-32)7-8-25(36-28)35-27-21(33)19-34-30(38-27)41(20-17-23(47-3)26(49-5)24(18-20)48-4)31(43)50-15-14-40-12-10-39(11-13-40)9-6-16-52(44,45)46/h7-8,17-19H,6,9-16H2,1-5H3,(H,44,45,46)(H2,34,35,36,37,38,42). The van der Waals surface area contributed by atoms with Gasteiger partial charge in [0.1, 0.15) is 12.4 Å². The maximum atomic E-state index is 15.2. The molecule has 1 aromatic carbocycles. The van der Waals surface area contributed by atoms with Crippen LogP contribution in [0.1, 0.15) is 20.3 Å². The molecule has 0 atom stereocenters. The normalized spacial score (nSPS) is 15.9. The molecule has 1 saturated heterocycles. The number of rotatable bonds is 14. The number of halogens is 1. The van der Waals surface area contributed by atoms with Gasteiger partial charge in [0.2, 0.25) is 11.7 Å². The van der Waals surface area contributed by atoms with E-state index in [2.05, 4.69) is 35.4 Å². The molecule has 0 bridgehead atoms. The Morgan fingerprint density at radius 2 is 1.71 bits per heavy atom. The number of hydrogen-bond donors (Lipinski definition) is 3. The number of carbonyl (C=O) groups excluding carboxylic acids is 2. The molecule has 5 rings (SSSR count). The first kappa shape index (κ1) is 38.2. The van der Waals surface area contributed by atoms with E-state index in [0.717, 1.165) is 11.1 Å². The van der Waals surface area contributed by atoms with Gasteiger partial charge in [0.15, 0.2) is 40.3 Å². The van der Waals surface area contributed by atoms with Gasteiger partial charge in [-0.2, -0.15) is 13.4 Å². The molecule has 20 heteroatoms. The maximum absolute atomic E-state index is 15.2. The van der Waals surface area contributed by atoms with Crippen LogP contribution in [0.3, 0.4) is 0 Å². The predicted molar refractivity (Wildman–Crippen MR) is 186 cm³/mol. The highest BCUT2D eigenvalue weighted by Crippen LogP contribution is 2.42. The van der Waals surface area contributed by atoms with Gasteiger partial charge in [-0.3, -0.25) is 14.2 Å². The molecular weight excluding hydrogens is 707 g/mol. The number of amides is 2. The minimum Gasteiger partial charge on any atom is -0.493 e. The molecule has 0 spiro atoms. The smallest absolute Gasteiger partial charge is 0.421 e. The summed E-state index contributed by atoms with van der Waals surface area (Å²) in [7, 11) is 0.251. The van der Waals surface area contributed by atoms with Crippen molar-refractivity contribution < 1.29 is 50.6 Å². The van der Waals surface area contributed by atoms with Crippen molar-refractivity contribution in [2.75, 3.05) is 88.5 Å². The molecule has 2 amide bonds. The summed E-state index contributed by atoms with van der Waals surface area (Å²) in [5.74, 6) is -0.886. The van der Waals surface area contributed by atoms with E-state index in [-0.39, 0.29) is 58.7 Å². The van der Waals surface area contributed by atoms with E-state index in [0.29, 0.717) is 51.4 Å². The number of nitrogens with zero attached hydrogens (tertiary/aromatic N) is 6. The lowest BCUT2D eigenvalue weighted by atomic mass is 10.1. The zero-order chi connectivity index (χ0) is 37.6. The van der Waals surface area contributed by atoms with Gasteiger partial charge in [-0.05, 0) is 38.9 Å². The second kappa shape index (κ2) is 16.1. The molecule has 0 aliphatic carbocycles. The molecule has 4 heterocycles. The largest absolute Gasteiger partial charge is 0.493 e. The van der Waals surface area contributed by atoms with Crippen molar-refractivity contribution in [3.8, 4) is 23.0 Å². The summed E-state index contributed by atoms with van der Waals surface area (Å²) in [6, 6.07) is 6.05. The molecule has 0 unspecified atom stereocenters. The lowest BCUT2D eigenvalue weighted by Gasteiger charge is -2.34. The molecule has 1 fully saturated rings. The van der Waals surface area contributed by atoms with Gasteiger partial charge in [0.05, 0.1) is 39.0 Å². The zero-order valence-electron chi connectivity index (χ0n) is 29.3. The average Bonchev–Trinajstić information content (AvgIpc) is 3.10. The number of anilines is 5. The van der Waals surface area contributed by atoms with Crippen LogP contribution < -0.4 is 34.5 Å². The number of pyridine rings is 1. The number of hydrogen-bond acceptors (Lipinski definition) is 15. The van der Waals surface area contributed by atoms with E-state index in [4.69, 9.17) is 28.2 Å². The van der Waals surface area contributed by atoms with Crippen molar-refractivity contribution in [2.24, 2.45) is 0 Å². The summed E-state index contributed by atoms with van der Waals surface area (Å²) >= 11 is 0. The van der Waals surface area contributed by atoms with Gasteiger partial charge in [-0.1, -0.05) is 0 Å². The lowest BCUT2D eigenvalue weighted by molar-refractivity contribution is -0.129. The minimum atomic E-state index is -4.00. The first-order valence-electron chi connectivity index (χ1n) is 16.2. The number of piperazine rings is 1. The average molecular weight is 749 g/mol. The van der Waals surface area contributed by atoms with Crippen molar-refractivity contribution in [1.82, 2.24) is 24.8 Å². The fourth-order valence-electron chi connectivity index (χ4n) is 5.47. The Labute approximate surface area is 299 Å². The van der Waals surface area contributed by atoms with Crippen LogP contribution >= 0.6 is 0 Å². The van der Waals surface area contributed by atoms with Crippen LogP contribution in [0.25, 0.3) is 0 Å². The highest BCUT2D eigenvalue weighted by atomic mass is 32.2.